The van der Waals surface area contributed by atoms with Crippen molar-refractivity contribution < 1.29 is 9.53 Å². The second-order valence-corrected chi connectivity index (χ2v) is 4.60. The van der Waals surface area contributed by atoms with E-state index in [-0.39, 0.29) is 5.97 Å². The van der Waals surface area contributed by atoms with E-state index in [0.29, 0.717) is 19.4 Å². The van der Waals surface area contributed by atoms with Crippen LogP contribution in [0.4, 0.5) is 0 Å². The van der Waals surface area contributed by atoms with Gasteiger partial charge < -0.3 is 4.74 Å². The molecule has 0 aromatic carbocycles. The van der Waals surface area contributed by atoms with E-state index in [4.69, 9.17) is 4.74 Å². The molecule has 0 aliphatic heterocycles. The van der Waals surface area contributed by atoms with Gasteiger partial charge >= 0.3 is 5.97 Å². The SMILES string of the molecule is CCOC(=O)CCc1c(Br)cncc1Br. The summed E-state index contributed by atoms with van der Waals surface area (Å²) in [6, 6.07) is 0. The molecule has 0 radical (unpaired) electrons. The monoisotopic (exact) mass is 335 g/mol. The van der Waals surface area contributed by atoms with Gasteiger partial charge in [0.25, 0.3) is 0 Å². The van der Waals surface area contributed by atoms with Crippen LogP contribution < -0.4 is 0 Å². The highest BCUT2D eigenvalue weighted by Gasteiger charge is 2.08. The van der Waals surface area contributed by atoms with Gasteiger partial charge in [0.1, 0.15) is 0 Å². The fourth-order valence-corrected chi connectivity index (χ4v) is 2.46. The molecule has 1 rings (SSSR count). The molecule has 0 spiro atoms. The van der Waals surface area contributed by atoms with Crippen LogP contribution in [0.3, 0.4) is 0 Å². The van der Waals surface area contributed by atoms with Gasteiger partial charge in [0.2, 0.25) is 0 Å². The number of carbonyl (C=O) groups is 1. The Kier molecular flexibility index (Phi) is 5.25. The first-order valence-corrected chi connectivity index (χ1v) is 6.17. The van der Waals surface area contributed by atoms with E-state index >= 15 is 0 Å². The van der Waals surface area contributed by atoms with Crippen LogP contribution in [0.1, 0.15) is 18.9 Å². The lowest BCUT2D eigenvalue weighted by Crippen LogP contribution is -2.05. The molecule has 82 valence electrons. The molecule has 15 heavy (non-hydrogen) atoms. The Morgan fingerprint density at radius 1 is 1.40 bits per heavy atom. The van der Waals surface area contributed by atoms with Gasteiger partial charge in [-0.1, -0.05) is 0 Å². The molecule has 0 saturated heterocycles. The molecule has 3 nitrogen and oxygen atoms in total. The fourth-order valence-electron chi connectivity index (χ4n) is 1.14. The standard InChI is InChI=1S/C10H11Br2NO2/c1-2-15-10(14)4-3-7-8(11)5-13-6-9(7)12/h5-6H,2-4H2,1H3. The molecule has 0 aliphatic carbocycles. The summed E-state index contributed by atoms with van der Waals surface area (Å²) < 4.78 is 6.67. The number of esters is 1. The summed E-state index contributed by atoms with van der Waals surface area (Å²) in [5.74, 6) is -0.173. The first kappa shape index (κ1) is 12.6. The van der Waals surface area contributed by atoms with Crippen molar-refractivity contribution in [2.75, 3.05) is 6.61 Å². The molecule has 0 unspecified atom stereocenters. The van der Waals surface area contributed by atoms with Crippen molar-refractivity contribution in [3.63, 3.8) is 0 Å². The number of halogens is 2. The Labute approximate surface area is 105 Å². The van der Waals surface area contributed by atoms with E-state index < -0.39 is 0 Å². The normalized spacial score (nSPS) is 10.1. The number of hydrogen-bond donors (Lipinski definition) is 0. The Morgan fingerprint density at radius 3 is 2.53 bits per heavy atom. The third kappa shape index (κ3) is 3.91. The Balaban J connectivity index is 2.61. The van der Waals surface area contributed by atoms with Gasteiger partial charge in [0.05, 0.1) is 6.61 Å². The van der Waals surface area contributed by atoms with Gasteiger partial charge in [-0.25, -0.2) is 0 Å². The number of carbonyl (C=O) groups excluding carboxylic acids is 1. The molecular weight excluding hydrogens is 326 g/mol. The second kappa shape index (κ2) is 6.23. The number of pyridine rings is 1. The molecule has 0 saturated carbocycles. The van der Waals surface area contributed by atoms with Crippen molar-refractivity contribution in [3.8, 4) is 0 Å². The molecule has 1 heterocycles. The first-order valence-electron chi connectivity index (χ1n) is 4.58. The summed E-state index contributed by atoms with van der Waals surface area (Å²) in [5.41, 5.74) is 1.04. The third-order valence-corrected chi connectivity index (χ3v) is 3.20. The zero-order valence-corrected chi connectivity index (χ0v) is 11.5. The topological polar surface area (TPSA) is 39.2 Å². The first-order chi connectivity index (χ1) is 7.15. The van der Waals surface area contributed by atoms with Crippen LogP contribution in [0.25, 0.3) is 0 Å². The predicted octanol–water partition coefficient (Wildman–Crippen LogP) is 3.10. The Morgan fingerprint density at radius 2 is 2.00 bits per heavy atom. The predicted molar refractivity (Wildman–Crippen MR) is 64.6 cm³/mol. The lowest BCUT2D eigenvalue weighted by atomic mass is 10.1. The van der Waals surface area contributed by atoms with Crippen LogP contribution in [-0.2, 0) is 16.0 Å². The van der Waals surface area contributed by atoms with Crippen molar-refractivity contribution >= 4 is 37.8 Å². The summed E-state index contributed by atoms with van der Waals surface area (Å²) in [6.45, 7) is 2.23. The quantitative estimate of drug-likeness (QED) is 0.793. The van der Waals surface area contributed by atoms with Gasteiger partial charge in [-0.05, 0) is 50.8 Å². The highest BCUT2D eigenvalue weighted by Crippen LogP contribution is 2.25. The van der Waals surface area contributed by atoms with Crippen LogP contribution in [0.5, 0.6) is 0 Å². The molecular formula is C10H11Br2NO2. The number of aromatic nitrogens is 1. The van der Waals surface area contributed by atoms with Gasteiger partial charge in [-0.15, -0.1) is 0 Å². The van der Waals surface area contributed by atoms with E-state index in [1.54, 1.807) is 19.3 Å². The molecule has 1 aromatic heterocycles. The summed E-state index contributed by atoms with van der Waals surface area (Å²) in [6.07, 6.45) is 4.45. The average molecular weight is 337 g/mol. The van der Waals surface area contributed by atoms with Crippen molar-refractivity contribution in [1.82, 2.24) is 4.98 Å². The van der Waals surface area contributed by atoms with Gasteiger partial charge in [-0.2, -0.15) is 0 Å². The minimum Gasteiger partial charge on any atom is -0.466 e. The van der Waals surface area contributed by atoms with E-state index in [0.717, 1.165) is 14.5 Å². The van der Waals surface area contributed by atoms with E-state index in [1.165, 1.54) is 0 Å². The zero-order chi connectivity index (χ0) is 11.3. The van der Waals surface area contributed by atoms with Crippen molar-refractivity contribution in [2.24, 2.45) is 0 Å². The smallest absolute Gasteiger partial charge is 0.306 e. The van der Waals surface area contributed by atoms with Gasteiger partial charge in [0, 0.05) is 27.8 Å². The minimum atomic E-state index is -0.173. The lowest BCUT2D eigenvalue weighted by molar-refractivity contribution is -0.143. The Hall–Kier alpha value is -0.420. The number of hydrogen-bond acceptors (Lipinski definition) is 3. The van der Waals surface area contributed by atoms with E-state index in [9.17, 15) is 4.79 Å². The average Bonchev–Trinajstić information content (AvgIpc) is 2.17. The van der Waals surface area contributed by atoms with Crippen LogP contribution in [0, 0.1) is 0 Å². The van der Waals surface area contributed by atoms with Crippen molar-refractivity contribution in [2.45, 2.75) is 19.8 Å². The number of ether oxygens (including phenoxy) is 1. The largest absolute Gasteiger partial charge is 0.466 e. The van der Waals surface area contributed by atoms with Gasteiger partial charge in [-0.3, -0.25) is 9.78 Å². The molecule has 5 heteroatoms. The van der Waals surface area contributed by atoms with E-state index in [1.807, 2.05) is 0 Å². The third-order valence-electron chi connectivity index (χ3n) is 1.84. The molecule has 0 fully saturated rings. The molecule has 0 atom stereocenters. The lowest BCUT2D eigenvalue weighted by Gasteiger charge is -2.06. The Bertz CT molecular complexity index is 335. The van der Waals surface area contributed by atoms with Crippen molar-refractivity contribution in [3.05, 3.63) is 26.9 Å². The summed E-state index contributed by atoms with van der Waals surface area (Å²) in [5, 5.41) is 0. The minimum absolute atomic E-state index is 0.173. The number of nitrogens with zero attached hydrogens (tertiary/aromatic N) is 1. The van der Waals surface area contributed by atoms with Crippen LogP contribution >= 0.6 is 31.9 Å². The fraction of sp³-hybridized carbons (Fsp3) is 0.400. The molecule has 0 N–H and O–H groups in total. The maximum Gasteiger partial charge on any atom is 0.306 e. The zero-order valence-electron chi connectivity index (χ0n) is 8.30. The highest BCUT2D eigenvalue weighted by molar-refractivity contribution is 9.11. The molecule has 0 aliphatic rings. The molecule has 1 aromatic rings. The van der Waals surface area contributed by atoms with Crippen molar-refractivity contribution in [1.29, 1.82) is 0 Å². The van der Waals surface area contributed by atoms with Crippen LogP contribution in [0.15, 0.2) is 21.3 Å². The summed E-state index contributed by atoms with van der Waals surface area (Å²) in [7, 11) is 0. The van der Waals surface area contributed by atoms with Crippen LogP contribution in [0.2, 0.25) is 0 Å². The summed E-state index contributed by atoms with van der Waals surface area (Å²) >= 11 is 6.78. The summed E-state index contributed by atoms with van der Waals surface area (Å²) in [4.78, 5) is 15.2. The maximum atomic E-state index is 11.2. The maximum absolute atomic E-state index is 11.2. The van der Waals surface area contributed by atoms with E-state index in [2.05, 4.69) is 36.8 Å². The highest BCUT2D eigenvalue weighted by atomic mass is 79.9. The number of rotatable bonds is 4. The van der Waals surface area contributed by atoms with Gasteiger partial charge in [0.15, 0.2) is 0 Å². The molecule has 0 amide bonds. The second-order valence-electron chi connectivity index (χ2n) is 2.89. The molecule has 0 bridgehead atoms. The van der Waals surface area contributed by atoms with Crippen LogP contribution in [-0.4, -0.2) is 17.6 Å².